The van der Waals surface area contributed by atoms with E-state index in [1.54, 1.807) is 62.0 Å². The van der Waals surface area contributed by atoms with Gasteiger partial charge < -0.3 is 14.8 Å². The summed E-state index contributed by atoms with van der Waals surface area (Å²) in [7, 11) is 0. The van der Waals surface area contributed by atoms with Crippen molar-refractivity contribution in [1.29, 1.82) is 0 Å². The highest BCUT2D eigenvalue weighted by Crippen LogP contribution is 2.24. The molecule has 0 fully saturated rings. The fraction of sp³-hybridized carbons (Fsp3) is 0.292. The highest BCUT2D eigenvalue weighted by atomic mass is 16.6. The maximum Gasteiger partial charge on any atom is 0.361 e. The van der Waals surface area contributed by atoms with Crippen LogP contribution >= 0.6 is 0 Å². The average molecular weight is 466 g/mol. The van der Waals surface area contributed by atoms with Crippen molar-refractivity contribution in [2.45, 2.75) is 47.0 Å². The Kier molecular flexibility index (Phi) is 7.62. The van der Waals surface area contributed by atoms with Gasteiger partial charge in [-0.25, -0.2) is 4.79 Å². The second-order valence-electron chi connectivity index (χ2n) is 7.85. The molecule has 0 atom stereocenters. The number of ether oxygens (including phenoxy) is 2. The molecule has 0 spiro atoms. The molecule has 0 aliphatic heterocycles. The van der Waals surface area contributed by atoms with Crippen molar-refractivity contribution in [3.63, 3.8) is 0 Å². The first kappa shape index (κ1) is 24.4. The van der Waals surface area contributed by atoms with Crippen LogP contribution in [0.1, 0.15) is 52.7 Å². The van der Waals surface area contributed by atoms with Gasteiger partial charge in [0, 0.05) is 29.9 Å². The van der Waals surface area contributed by atoms with Gasteiger partial charge in [-0.05, 0) is 57.5 Å². The number of benzene rings is 2. The summed E-state index contributed by atoms with van der Waals surface area (Å²) in [6, 6.07) is 11.4. The first-order valence-electron chi connectivity index (χ1n) is 10.7. The number of hydrogen-bond acceptors (Lipinski definition) is 7. The smallest absolute Gasteiger partial charge is 0.361 e. The molecule has 10 nitrogen and oxygen atoms in total. The number of rotatable bonds is 9. The molecule has 34 heavy (non-hydrogen) atoms. The summed E-state index contributed by atoms with van der Waals surface area (Å²) in [5, 5.41) is 17.9. The lowest BCUT2D eigenvalue weighted by atomic mass is 10.1. The Morgan fingerprint density at radius 2 is 1.97 bits per heavy atom. The Bertz CT molecular complexity index is 1220. The molecule has 0 aliphatic rings. The maximum absolute atomic E-state index is 12.9. The molecular weight excluding hydrogens is 440 g/mol. The lowest BCUT2D eigenvalue weighted by Gasteiger charge is -2.10. The molecule has 1 amide bonds. The van der Waals surface area contributed by atoms with E-state index in [9.17, 15) is 19.7 Å². The fourth-order valence-corrected chi connectivity index (χ4v) is 3.18. The minimum absolute atomic E-state index is 0.0223. The van der Waals surface area contributed by atoms with Crippen LogP contribution in [0.2, 0.25) is 0 Å². The number of hydrogen-bond donors (Lipinski definition) is 1. The third-order valence-corrected chi connectivity index (χ3v) is 4.83. The Hall–Kier alpha value is -4.21. The Labute approximate surface area is 196 Å². The number of aryl methyl sites for hydroxylation is 2. The predicted molar refractivity (Wildman–Crippen MR) is 125 cm³/mol. The molecule has 10 heteroatoms. The van der Waals surface area contributed by atoms with Gasteiger partial charge >= 0.3 is 5.97 Å². The molecule has 1 N–H and O–H groups in total. The fourth-order valence-electron chi connectivity index (χ4n) is 3.18. The second kappa shape index (κ2) is 10.6. The number of nitro groups is 1. The summed E-state index contributed by atoms with van der Waals surface area (Å²) in [5.41, 5.74) is 1.92. The second-order valence-corrected chi connectivity index (χ2v) is 7.85. The van der Waals surface area contributed by atoms with Gasteiger partial charge in [-0.2, -0.15) is 5.10 Å². The number of aromatic nitrogens is 2. The van der Waals surface area contributed by atoms with Crippen molar-refractivity contribution in [3.8, 4) is 5.75 Å². The van der Waals surface area contributed by atoms with Crippen LogP contribution in [-0.4, -0.2) is 32.7 Å². The number of nitrogens with zero attached hydrogens (tertiary/aromatic N) is 3. The Morgan fingerprint density at radius 1 is 1.21 bits per heavy atom. The predicted octanol–water partition coefficient (Wildman–Crippen LogP) is 4.52. The van der Waals surface area contributed by atoms with Gasteiger partial charge in [0.25, 0.3) is 11.6 Å². The minimum Gasteiger partial charge on any atom is -0.489 e. The molecule has 0 saturated heterocycles. The normalized spacial score (nSPS) is 10.7. The lowest BCUT2D eigenvalue weighted by Crippen LogP contribution is -2.17. The Morgan fingerprint density at radius 3 is 2.62 bits per heavy atom. The van der Waals surface area contributed by atoms with Crippen molar-refractivity contribution in [2.75, 3.05) is 5.32 Å². The summed E-state index contributed by atoms with van der Waals surface area (Å²) in [6.07, 6.45) is 1.26. The highest BCUT2D eigenvalue weighted by Gasteiger charge is 2.21. The van der Waals surface area contributed by atoms with Gasteiger partial charge in [0.15, 0.2) is 5.69 Å². The van der Waals surface area contributed by atoms with Crippen molar-refractivity contribution in [2.24, 2.45) is 0 Å². The molecule has 0 aliphatic carbocycles. The maximum atomic E-state index is 12.9. The topological polar surface area (TPSA) is 126 Å². The van der Waals surface area contributed by atoms with Crippen molar-refractivity contribution in [3.05, 3.63) is 81.2 Å². The number of carbonyl (C=O) groups excluding carboxylic acids is 2. The quantitative estimate of drug-likeness (QED) is 0.279. The van der Waals surface area contributed by atoms with Crippen molar-refractivity contribution in [1.82, 2.24) is 9.78 Å². The minimum atomic E-state index is -0.613. The summed E-state index contributed by atoms with van der Waals surface area (Å²) in [6.45, 7) is 7.66. The summed E-state index contributed by atoms with van der Waals surface area (Å²) >= 11 is 0. The van der Waals surface area contributed by atoms with Crippen LogP contribution in [0.25, 0.3) is 0 Å². The molecule has 0 bridgehead atoms. The molecule has 178 valence electrons. The molecule has 0 unspecified atom stereocenters. The summed E-state index contributed by atoms with van der Waals surface area (Å²) < 4.78 is 12.5. The molecule has 2 aromatic carbocycles. The van der Waals surface area contributed by atoms with Crippen LogP contribution < -0.4 is 10.1 Å². The standard InChI is InChI=1S/C24H26N4O6/c1-5-27-13-20(22(26-27)24(30)34-15(2)3)25-23(29)18-8-6-7-17(12-18)14-33-19-9-10-21(28(31)32)16(4)11-19/h6-13,15H,5,14H2,1-4H3,(H,25,29). The first-order chi connectivity index (χ1) is 16.2. The van der Waals surface area contributed by atoms with Gasteiger partial charge in [-0.15, -0.1) is 0 Å². The van der Waals surface area contributed by atoms with E-state index in [2.05, 4.69) is 10.4 Å². The third kappa shape index (κ3) is 5.97. The largest absolute Gasteiger partial charge is 0.489 e. The van der Waals surface area contributed by atoms with Crippen LogP contribution in [-0.2, 0) is 17.9 Å². The molecule has 0 radical (unpaired) electrons. The van der Waals surface area contributed by atoms with E-state index in [4.69, 9.17) is 9.47 Å². The van der Waals surface area contributed by atoms with Gasteiger partial charge in [0.2, 0.25) is 0 Å². The van der Waals surface area contributed by atoms with E-state index in [0.717, 1.165) is 5.56 Å². The van der Waals surface area contributed by atoms with E-state index in [1.165, 1.54) is 12.1 Å². The zero-order chi connectivity index (χ0) is 24.8. The molecule has 1 heterocycles. The van der Waals surface area contributed by atoms with Crippen LogP contribution in [0.3, 0.4) is 0 Å². The zero-order valence-electron chi connectivity index (χ0n) is 19.4. The first-order valence-corrected chi connectivity index (χ1v) is 10.7. The lowest BCUT2D eigenvalue weighted by molar-refractivity contribution is -0.385. The number of nitrogens with one attached hydrogen (secondary N) is 1. The zero-order valence-corrected chi connectivity index (χ0v) is 19.4. The van der Waals surface area contributed by atoms with Gasteiger partial charge in [-0.1, -0.05) is 12.1 Å². The van der Waals surface area contributed by atoms with E-state index < -0.39 is 16.8 Å². The summed E-state index contributed by atoms with van der Waals surface area (Å²) in [5.74, 6) is -0.543. The molecular formula is C24H26N4O6. The van der Waals surface area contributed by atoms with Crippen LogP contribution in [0, 0.1) is 17.0 Å². The molecule has 0 saturated carbocycles. The van der Waals surface area contributed by atoms with Crippen LogP contribution in [0.5, 0.6) is 5.75 Å². The van der Waals surface area contributed by atoms with E-state index in [0.29, 0.717) is 23.4 Å². The molecule has 3 aromatic rings. The van der Waals surface area contributed by atoms with Crippen LogP contribution in [0.15, 0.2) is 48.7 Å². The highest BCUT2D eigenvalue weighted by molar-refractivity contribution is 6.07. The van der Waals surface area contributed by atoms with Crippen molar-refractivity contribution >= 4 is 23.3 Å². The number of anilines is 1. The Balaban J connectivity index is 1.72. The molecule has 3 rings (SSSR count). The number of nitro benzene ring substituents is 1. The number of amides is 1. The van der Waals surface area contributed by atoms with Gasteiger partial charge in [-0.3, -0.25) is 19.6 Å². The summed E-state index contributed by atoms with van der Waals surface area (Å²) in [4.78, 5) is 35.8. The van der Waals surface area contributed by atoms with Gasteiger partial charge in [0.05, 0.1) is 16.7 Å². The average Bonchev–Trinajstić information content (AvgIpc) is 3.20. The monoisotopic (exact) mass is 466 g/mol. The van der Waals surface area contributed by atoms with Gasteiger partial charge in [0.1, 0.15) is 12.4 Å². The molecule has 1 aromatic heterocycles. The van der Waals surface area contributed by atoms with E-state index >= 15 is 0 Å². The number of esters is 1. The van der Waals surface area contributed by atoms with E-state index in [1.807, 2.05) is 6.92 Å². The third-order valence-electron chi connectivity index (χ3n) is 4.83. The van der Waals surface area contributed by atoms with Crippen LogP contribution in [0.4, 0.5) is 11.4 Å². The van der Waals surface area contributed by atoms with Crippen molar-refractivity contribution < 1.29 is 24.0 Å². The SMILES string of the molecule is CCn1cc(NC(=O)c2cccc(COc3ccc([N+](=O)[O-])c(C)c3)c2)c(C(=O)OC(C)C)n1. The van der Waals surface area contributed by atoms with E-state index in [-0.39, 0.29) is 29.8 Å². The number of carbonyl (C=O) groups is 2.